The summed E-state index contributed by atoms with van der Waals surface area (Å²) in [5.41, 5.74) is 3.43. The first-order chi connectivity index (χ1) is 14.0. The Labute approximate surface area is 170 Å². The first-order valence-electron chi connectivity index (χ1n) is 8.71. The Morgan fingerprint density at radius 2 is 2.24 bits per heavy atom. The van der Waals surface area contributed by atoms with Crippen LogP contribution in [0.25, 0.3) is 0 Å². The molecule has 0 bridgehead atoms. The summed E-state index contributed by atoms with van der Waals surface area (Å²) in [6, 6.07) is 6.89. The zero-order chi connectivity index (χ0) is 20.4. The molecule has 0 fully saturated rings. The summed E-state index contributed by atoms with van der Waals surface area (Å²) in [5, 5.41) is 9.89. The van der Waals surface area contributed by atoms with Crippen molar-refractivity contribution in [2.24, 2.45) is 0 Å². The highest BCUT2D eigenvalue weighted by Gasteiger charge is 2.24. The van der Waals surface area contributed by atoms with Gasteiger partial charge >= 0.3 is 6.03 Å². The molecule has 0 aliphatic carbocycles. The normalized spacial score (nSPS) is 12.5. The van der Waals surface area contributed by atoms with Crippen LogP contribution in [0.4, 0.5) is 20.6 Å². The van der Waals surface area contributed by atoms with Gasteiger partial charge in [-0.3, -0.25) is 10.00 Å². The van der Waals surface area contributed by atoms with E-state index in [0.717, 1.165) is 11.3 Å². The molecule has 0 unspecified atom stereocenters. The van der Waals surface area contributed by atoms with Crippen molar-refractivity contribution in [3.63, 3.8) is 0 Å². The van der Waals surface area contributed by atoms with Crippen LogP contribution in [-0.4, -0.2) is 28.3 Å². The van der Waals surface area contributed by atoms with Crippen molar-refractivity contribution in [3.05, 3.63) is 64.3 Å². The van der Waals surface area contributed by atoms with Gasteiger partial charge in [0.25, 0.3) is 0 Å². The van der Waals surface area contributed by atoms with E-state index in [0.29, 0.717) is 36.2 Å². The van der Waals surface area contributed by atoms with Crippen molar-refractivity contribution in [2.75, 3.05) is 17.3 Å². The molecule has 3 aromatic rings. The predicted molar refractivity (Wildman–Crippen MR) is 104 cm³/mol. The standard InChI is InChI=1S/C19H17ClFN5O3/c1-28-18-5-3-12(7-22-18)26(8-16-13-9-29-10-17(13)25-24-16)19(27)23-11-2-4-15(21)14(20)6-11/h2-7H,8-10H2,1H3,(H,23,27)(H,24,25). The van der Waals surface area contributed by atoms with Gasteiger partial charge in [-0.25, -0.2) is 14.2 Å². The number of aromatic amines is 1. The molecule has 0 atom stereocenters. The fourth-order valence-electron chi connectivity index (χ4n) is 2.97. The quantitative estimate of drug-likeness (QED) is 0.657. The third kappa shape index (κ3) is 4.01. The number of urea groups is 1. The molecule has 0 spiro atoms. The van der Waals surface area contributed by atoms with E-state index in [2.05, 4.69) is 20.5 Å². The number of nitrogens with one attached hydrogen (secondary N) is 2. The number of H-pyrrole nitrogens is 1. The summed E-state index contributed by atoms with van der Waals surface area (Å²) in [6.07, 6.45) is 1.53. The molecule has 0 saturated carbocycles. The number of ether oxygens (including phenoxy) is 2. The molecule has 10 heteroatoms. The predicted octanol–water partition coefficient (Wildman–Crippen LogP) is 3.87. The number of rotatable bonds is 5. The van der Waals surface area contributed by atoms with E-state index in [-0.39, 0.29) is 11.6 Å². The Hall–Kier alpha value is -3.17. The number of carbonyl (C=O) groups excluding carboxylic acids is 1. The second kappa shape index (κ2) is 8.06. The van der Waals surface area contributed by atoms with E-state index in [9.17, 15) is 9.18 Å². The van der Waals surface area contributed by atoms with Gasteiger partial charge in [0.2, 0.25) is 5.88 Å². The van der Waals surface area contributed by atoms with Gasteiger partial charge in [-0.15, -0.1) is 0 Å². The van der Waals surface area contributed by atoms with Gasteiger partial charge in [0.1, 0.15) is 5.82 Å². The number of carbonyl (C=O) groups is 1. The van der Waals surface area contributed by atoms with Crippen molar-refractivity contribution in [1.82, 2.24) is 15.2 Å². The van der Waals surface area contributed by atoms with Crippen molar-refractivity contribution in [2.45, 2.75) is 19.8 Å². The second-order valence-corrected chi connectivity index (χ2v) is 6.73. The first kappa shape index (κ1) is 19.2. The molecule has 1 aromatic carbocycles. The van der Waals surface area contributed by atoms with Gasteiger partial charge in [-0.2, -0.15) is 5.10 Å². The summed E-state index contributed by atoms with van der Waals surface area (Å²) in [6.45, 7) is 1.09. The van der Waals surface area contributed by atoms with Gasteiger partial charge in [-0.1, -0.05) is 11.6 Å². The highest BCUT2D eigenvalue weighted by Crippen LogP contribution is 2.26. The van der Waals surface area contributed by atoms with Crippen LogP contribution in [0.15, 0.2) is 36.5 Å². The zero-order valence-corrected chi connectivity index (χ0v) is 16.2. The lowest BCUT2D eigenvalue weighted by Gasteiger charge is -2.23. The Balaban J connectivity index is 1.62. The summed E-state index contributed by atoms with van der Waals surface area (Å²) in [4.78, 5) is 18.7. The number of methoxy groups -OCH3 is 1. The maximum absolute atomic E-state index is 13.4. The number of hydrogen-bond donors (Lipinski definition) is 2. The fraction of sp³-hybridized carbons (Fsp3) is 0.211. The SMILES string of the molecule is COc1ccc(N(Cc2n[nH]c3c2COC3)C(=O)Nc2ccc(F)c(Cl)c2)cn1. The number of pyridine rings is 1. The zero-order valence-electron chi connectivity index (χ0n) is 15.4. The number of nitrogens with zero attached hydrogens (tertiary/aromatic N) is 3. The average Bonchev–Trinajstić information content (AvgIpc) is 3.33. The van der Waals surface area contributed by atoms with E-state index in [1.54, 1.807) is 12.1 Å². The number of halogens is 2. The molecule has 2 N–H and O–H groups in total. The van der Waals surface area contributed by atoms with E-state index in [1.807, 2.05) is 0 Å². The number of anilines is 2. The molecule has 8 nitrogen and oxygen atoms in total. The minimum Gasteiger partial charge on any atom is -0.481 e. The first-order valence-corrected chi connectivity index (χ1v) is 9.09. The van der Waals surface area contributed by atoms with Gasteiger partial charge in [0, 0.05) is 17.3 Å². The topological polar surface area (TPSA) is 92.4 Å². The van der Waals surface area contributed by atoms with Gasteiger partial charge in [0.05, 0.1) is 55.2 Å². The van der Waals surface area contributed by atoms with Crippen molar-refractivity contribution >= 4 is 29.0 Å². The Morgan fingerprint density at radius 1 is 1.38 bits per heavy atom. The van der Waals surface area contributed by atoms with E-state index in [1.165, 1.54) is 36.4 Å². The highest BCUT2D eigenvalue weighted by atomic mass is 35.5. The fourth-order valence-corrected chi connectivity index (χ4v) is 3.15. The minimum absolute atomic E-state index is 0.0808. The van der Waals surface area contributed by atoms with Crippen LogP contribution in [0.2, 0.25) is 5.02 Å². The number of amides is 2. The third-order valence-corrected chi connectivity index (χ3v) is 4.79. The molecule has 4 rings (SSSR count). The molecule has 1 aliphatic heterocycles. The van der Waals surface area contributed by atoms with Crippen LogP contribution >= 0.6 is 11.6 Å². The lowest BCUT2D eigenvalue weighted by Crippen LogP contribution is -2.35. The van der Waals surface area contributed by atoms with Crippen LogP contribution in [0.3, 0.4) is 0 Å². The molecular weight excluding hydrogens is 401 g/mol. The molecular formula is C19H17ClFN5O3. The Morgan fingerprint density at radius 3 is 2.97 bits per heavy atom. The minimum atomic E-state index is -0.562. The van der Waals surface area contributed by atoms with Gasteiger partial charge in [-0.05, 0) is 24.3 Å². The van der Waals surface area contributed by atoms with Crippen LogP contribution < -0.4 is 15.0 Å². The molecule has 0 saturated heterocycles. The van der Waals surface area contributed by atoms with E-state index < -0.39 is 11.8 Å². The third-order valence-electron chi connectivity index (χ3n) is 4.50. The lowest BCUT2D eigenvalue weighted by molar-refractivity contribution is 0.131. The average molecular weight is 418 g/mol. The van der Waals surface area contributed by atoms with Crippen LogP contribution in [0.1, 0.15) is 17.0 Å². The lowest BCUT2D eigenvalue weighted by atomic mass is 10.2. The molecule has 2 aromatic heterocycles. The van der Waals surface area contributed by atoms with Crippen molar-refractivity contribution < 1.29 is 18.7 Å². The van der Waals surface area contributed by atoms with E-state index in [4.69, 9.17) is 21.1 Å². The summed E-state index contributed by atoms with van der Waals surface area (Å²) >= 11 is 5.81. The van der Waals surface area contributed by atoms with Crippen molar-refractivity contribution in [1.29, 1.82) is 0 Å². The number of hydrogen-bond acceptors (Lipinski definition) is 5. The number of benzene rings is 1. The van der Waals surface area contributed by atoms with Gasteiger partial charge < -0.3 is 14.8 Å². The summed E-state index contributed by atoms with van der Waals surface area (Å²) in [7, 11) is 1.51. The van der Waals surface area contributed by atoms with Crippen LogP contribution in [0.5, 0.6) is 5.88 Å². The molecule has 3 heterocycles. The molecule has 29 heavy (non-hydrogen) atoms. The van der Waals surface area contributed by atoms with Gasteiger partial charge in [0.15, 0.2) is 0 Å². The largest absolute Gasteiger partial charge is 0.481 e. The van der Waals surface area contributed by atoms with Crippen LogP contribution in [0, 0.1) is 5.82 Å². The highest BCUT2D eigenvalue weighted by molar-refractivity contribution is 6.31. The molecule has 150 valence electrons. The summed E-state index contributed by atoms with van der Waals surface area (Å²) in [5.74, 6) is -0.138. The van der Waals surface area contributed by atoms with Crippen molar-refractivity contribution in [3.8, 4) is 5.88 Å². The number of fused-ring (bicyclic) bond motifs is 1. The maximum atomic E-state index is 13.4. The molecule has 0 radical (unpaired) electrons. The summed E-state index contributed by atoms with van der Waals surface area (Å²) < 4.78 is 23.9. The second-order valence-electron chi connectivity index (χ2n) is 6.32. The maximum Gasteiger partial charge on any atom is 0.326 e. The van der Waals surface area contributed by atoms with E-state index >= 15 is 0 Å². The smallest absolute Gasteiger partial charge is 0.326 e. The Kier molecular flexibility index (Phi) is 5.32. The van der Waals surface area contributed by atoms with Crippen LogP contribution in [-0.2, 0) is 24.5 Å². The molecule has 2 amide bonds. The Bertz CT molecular complexity index is 1040. The molecule has 1 aliphatic rings. The number of aromatic nitrogens is 3. The monoisotopic (exact) mass is 417 g/mol.